The monoisotopic (exact) mass is 288 g/mol. The first-order chi connectivity index (χ1) is 7.03. The van der Waals surface area contributed by atoms with Crippen LogP contribution in [0.2, 0.25) is 5.02 Å². The molecule has 0 aliphatic carbocycles. The maximum absolute atomic E-state index is 10.7. The standard InChI is InChI=1S/C6H5ClO7S2/c7-3-1-4(15(9,10)11)6(8)5(2-3)16(12,13)14/h1-2,8H,(H,9,10,11)(H,12,13,14). The van der Waals surface area contributed by atoms with E-state index in [0.29, 0.717) is 12.1 Å². The Bertz CT molecular complexity index is 578. The average molecular weight is 289 g/mol. The fourth-order valence-electron chi connectivity index (χ4n) is 0.944. The minimum atomic E-state index is -4.85. The van der Waals surface area contributed by atoms with Gasteiger partial charge in [-0.1, -0.05) is 11.6 Å². The van der Waals surface area contributed by atoms with Gasteiger partial charge in [0.05, 0.1) is 0 Å². The van der Waals surface area contributed by atoms with Crippen molar-refractivity contribution < 1.29 is 31.0 Å². The zero-order valence-electron chi connectivity index (χ0n) is 7.32. The molecule has 3 N–H and O–H groups in total. The van der Waals surface area contributed by atoms with Crippen molar-refractivity contribution in [2.75, 3.05) is 0 Å². The van der Waals surface area contributed by atoms with E-state index in [1.54, 1.807) is 0 Å². The maximum atomic E-state index is 10.7. The normalized spacial score (nSPS) is 12.7. The molecule has 10 heteroatoms. The van der Waals surface area contributed by atoms with Crippen LogP contribution in [0.5, 0.6) is 5.75 Å². The van der Waals surface area contributed by atoms with Crippen LogP contribution in [0.1, 0.15) is 0 Å². The second kappa shape index (κ2) is 3.86. The lowest BCUT2D eigenvalue weighted by atomic mass is 10.3. The predicted molar refractivity (Wildman–Crippen MR) is 52.7 cm³/mol. The molecule has 0 saturated heterocycles. The van der Waals surface area contributed by atoms with E-state index in [-0.39, 0.29) is 0 Å². The third-order valence-electron chi connectivity index (χ3n) is 1.56. The summed E-state index contributed by atoms with van der Waals surface area (Å²) in [5.41, 5.74) is 0. The number of aromatic hydroxyl groups is 1. The summed E-state index contributed by atoms with van der Waals surface area (Å²) in [6.45, 7) is 0. The molecule has 0 aliphatic heterocycles. The molecule has 0 saturated carbocycles. The van der Waals surface area contributed by atoms with Gasteiger partial charge in [-0.3, -0.25) is 9.11 Å². The summed E-state index contributed by atoms with van der Waals surface area (Å²) in [5, 5.41) is 8.86. The summed E-state index contributed by atoms with van der Waals surface area (Å²) in [4.78, 5) is -2.21. The summed E-state index contributed by atoms with van der Waals surface area (Å²) in [6, 6.07) is 1.28. The fraction of sp³-hybridized carbons (Fsp3) is 0. The van der Waals surface area contributed by atoms with Crippen molar-refractivity contribution in [2.24, 2.45) is 0 Å². The topological polar surface area (TPSA) is 129 Å². The molecular weight excluding hydrogens is 284 g/mol. The van der Waals surface area contributed by atoms with Crippen LogP contribution in [0.4, 0.5) is 0 Å². The van der Waals surface area contributed by atoms with Crippen LogP contribution < -0.4 is 0 Å². The van der Waals surface area contributed by atoms with E-state index in [4.69, 9.17) is 20.7 Å². The third kappa shape index (κ3) is 2.62. The number of benzene rings is 1. The van der Waals surface area contributed by atoms with Crippen LogP contribution in [0, 0.1) is 0 Å². The average Bonchev–Trinajstić information content (AvgIpc) is 2.04. The lowest BCUT2D eigenvalue weighted by molar-refractivity contribution is 0.423. The van der Waals surface area contributed by atoms with E-state index in [0.717, 1.165) is 0 Å². The molecule has 0 heterocycles. The van der Waals surface area contributed by atoms with E-state index in [9.17, 15) is 21.9 Å². The molecule has 0 fully saturated rings. The first-order valence-corrected chi connectivity index (χ1v) is 6.77. The predicted octanol–water partition coefficient (Wildman–Crippen LogP) is 0.539. The molecule has 0 atom stereocenters. The maximum Gasteiger partial charge on any atom is 0.298 e. The Kier molecular flexibility index (Phi) is 3.18. The molecule has 0 radical (unpaired) electrons. The van der Waals surface area contributed by atoms with Gasteiger partial charge in [-0.25, -0.2) is 0 Å². The summed E-state index contributed by atoms with van der Waals surface area (Å²) in [5.74, 6) is -1.30. The van der Waals surface area contributed by atoms with Crippen molar-refractivity contribution in [1.82, 2.24) is 0 Å². The van der Waals surface area contributed by atoms with Crippen molar-refractivity contribution >= 4 is 31.8 Å². The van der Waals surface area contributed by atoms with Crippen molar-refractivity contribution in [2.45, 2.75) is 9.79 Å². The first kappa shape index (κ1) is 13.2. The third-order valence-corrected chi connectivity index (χ3v) is 3.51. The van der Waals surface area contributed by atoms with E-state index >= 15 is 0 Å². The van der Waals surface area contributed by atoms with Gasteiger partial charge in [0, 0.05) is 5.02 Å². The van der Waals surface area contributed by atoms with E-state index < -0.39 is 40.8 Å². The molecule has 1 rings (SSSR count). The summed E-state index contributed by atoms with van der Waals surface area (Å²) < 4.78 is 60.3. The Hall–Kier alpha value is -0.870. The Morgan fingerprint density at radius 3 is 1.50 bits per heavy atom. The molecule has 16 heavy (non-hydrogen) atoms. The van der Waals surface area contributed by atoms with Crippen molar-refractivity contribution in [3.8, 4) is 5.75 Å². The number of rotatable bonds is 2. The number of phenols is 1. The van der Waals surface area contributed by atoms with Gasteiger partial charge in [0.2, 0.25) is 0 Å². The van der Waals surface area contributed by atoms with Gasteiger partial charge in [-0.2, -0.15) is 16.8 Å². The second-order valence-electron chi connectivity index (χ2n) is 2.70. The molecule has 0 aliphatic rings. The van der Waals surface area contributed by atoms with Gasteiger partial charge in [-0.15, -0.1) is 0 Å². The molecule has 90 valence electrons. The Morgan fingerprint density at radius 2 is 1.25 bits per heavy atom. The van der Waals surface area contributed by atoms with Crippen LogP contribution in [-0.2, 0) is 20.2 Å². The smallest absolute Gasteiger partial charge is 0.298 e. The minimum Gasteiger partial charge on any atom is -0.505 e. The first-order valence-electron chi connectivity index (χ1n) is 3.51. The Labute approximate surface area is 95.8 Å². The molecule has 0 spiro atoms. The van der Waals surface area contributed by atoms with E-state index in [1.165, 1.54) is 0 Å². The largest absolute Gasteiger partial charge is 0.505 e. The van der Waals surface area contributed by atoms with Crippen molar-refractivity contribution in [3.63, 3.8) is 0 Å². The fourth-order valence-corrected chi connectivity index (χ4v) is 2.62. The number of halogens is 1. The Morgan fingerprint density at radius 1 is 0.938 bits per heavy atom. The second-order valence-corrected chi connectivity index (χ2v) is 5.92. The summed E-state index contributed by atoms with van der Waals surface area (Å²) in [7, 11) is -9.70. The molecular formula is C6H5ClO7S2. The van der Waals surface area contributed by atoms with Crippen LogP contribution in [-0.4, -0.2) is 31.0 Å². The highest BCUT2D eigenvalue weighted by Crippen LogP contribution is 2.33. The Balaban J connectivity index is 3.78. The lowest BCUT2D eigenvalue weighted by Crippen LogP contribution is -2.04. The van der Waals surface area contributed by atoms with Crippen LogP contribution in [0.15, 0.2) is 21.9 Å². The number of hydrogen-bond acceptors (Lipinski definition) is 5. The van der Waals surface area contributed by atoms with E-state index in [1.807, 2.05) is 0 Å². The molecule has 0 bridgehead atoms. The molecule has 0 amide bonds. The van der Waals surface area contributed by atoms with Crippen molar-refractivity contribution in [1.29, 1.82) is 0 Å². The van der Waals surface area contributed by atoms with Gasteiger partial charge in [-0.05, 0) is 12.1 Å². The number of phenolic OH excluding ortho intramolecular Hbond substituents is 1. The molecule has 0 aromatic heterocycles. The van der Waals surface area contributed by atoms with E-state index in [2.05, 4.69) is 0 Å². The lowest BCUT2D eigenvalue weighted by Gasteiger charge is -2.06. The SMILES string of the molecule is O=S(=O)(O)c1cc(Cl)cc(S(=O)(=O)O)c1O. The molecule has 1 aromatic rings. The number of hydrogen-bond donors (Lipinski definition) is 3. The van der Waals surface area contributed by atoms with Crippen molar-refractivity contribution in [3.05, 3.63) is 17.2 Å². The zero-order chi connectivity index (χ0) is 12.7. The minimum absolute atomic E-state index is 0.391. The van der Waals surface area contributed by atoms with Gasteiger partial charge in [0.25, 0.3) is 20.2 Å². The van der Waals surface area contributed by atoms with Gasteiger partial charge in [0.1, 0.15) is 9.79 Å². The quantitative estimate of drug-likeness (QED) is 0.677. The van der Waals surface area contributed by atoms with Gasteiger partial charge < -0.3 is 5.11 Å². The van der Waals surface area contributed by atoms with Crippen LogP contribution in [0.3, 0.4) is 0 Å². The summed E-state index contributed by atoms with van der Waals surface area (Å²) >= 11 is 5.37. The van der Waals surface area contributed by atoms with Crippen LogP contribution >= 0.6 is 11.6 Å². The molecule has 1 aromatic carbocycles. The van der Waals surface area contributed by atoms with Crippen LogP contribution in [0.25, 0.3) is 0 Å². The highest BCUT2D eigenvalue weighted by atomic mass is 35.5. The summed E-state index contributed by atoms with van der Waals surface area (Å²) in [6.07, 6.45) is 0. The van der Waals surface area contributed by atoms with Gasteiger partial charge >= 0.3 is 0 Å². The zero-order valence-corrected chi connectivity index (χ0v) is 9.71. The van der Waals surface area contributed by atoms with Gasteiger partial charge in [0.15, 0.2) is 5.75 Å². The highest BCUT2D eigenvalue weighted by molar-refractivity contribution is 7.86. The molecule has 7 nitrogen and oxygen atoms in total. The molecule has 0 unspecified atom stereocenters. The highest BCUT2D eigenvalue weighted by Gasteiger charge is 2.25.